The number of nitrogens with one attached hydrogen (secondary N) is 1. The number of nitriles is 1. The zero-order valence-electron chi connectivity index (χ0n) is 11.8. The lowest BCUT2D eigenvalue weighted by atomic mass is 10.1. The second-order valence-electron chi connectivity index (χ2n) is 5.31. The van der Waals surface area contributed by atoms with Crippen LogP contribution < -0.4 is 10.5 Å². The van der Waals surface area contributed by atoms with Crippen LogP contribution in [0.3, 0.4) is 0 Å². The van der Waals surface area contributed by atoms with Crippen LogP contribution >= 0.6 is 0 Å². The number of benzene rings is 1. The van der Waals surface area contributed by atoms with Crippen molar-refractivity contribution in [1.29, 1.82) is 5.26 Å². The molecule has 1 unspecified atom stereocenters. The van der Waals surface area contributed by atoms with Gasteiger partial charge in [0.25, 0.3) is 0 Å². The molecular formula is C14H21N3O2S. The molecule has 0 amide bonds. The molecule has 110 valence electrons. The molecule has 0 radical (unpaired) electrons. The molecule has 1 rings (SSSR count). The summed E-state index contributed by atoms with van der Waals surface area (Å²) in [5.74, 6) is 0.334. The number of nitrogens with two attached hydrogens (primary N) is 1. The van der Waals surface area contributed by atoms with E-state index in [2.05, 4.69) is 4.72 Å². The number of hydrogen-bond acceptors (Lipinski definition) is 4. The van der Waals surface area contributed by atoms with E-state index in [0.29, 0.717) is 17.0 Å². The first-order valence-electron chi connectivity index (χ1n) is 6.54. The summed E-state index contributed by atoms with van der Waals surface area (Å²) in [6.07, 6.45) is 0.777. The minimum atomic E-state index is -3.40. The summed E-state index contributed by atoms with van der Waals surface area (Å²) in [4.78, 5) is 0. The predicted molar refractivity (Wildman–Crippen MR) is 79.2 cm³/mol. The monoisotopic (exact) mass is 295 g/mol. The SMILES string of the molecule is CC(C)CC(N)CNS(=O)(=O)Cc1ccc(C#N)cc1. The third-order valence-corrected chi connectivity index (χ3v) is 4.10. The molecule has 1 aromatic carbocycles. The van der Waals surface area contributed by atoms with Gasteiger partial charge in [0.05, 0.1) is 17.4 Å². The normalized spacial score (nSPS) is 13.2. The summed E-state index contributed by atoms with van der Waals surface area (Å²) >= 11 is 0. The van der Waals surface area contributed by atoms with E-state index in [1.165, 1.54) is 0 Å². The first kappa shape index (κ1) is 16.6. The van der Waals surface area contributed by atoms with Crippen molar-refractivity contribution in [1.82, 2.24) is 4.72 Å². The van der Waals surface area contributed by atoms with Crippen molar-refractivity contribution >= 4 is 10.0 Å². The maximum atomic E-state index is 11.9. The first-order valence-corrected chi connectivity index (χ1v) is 8.19. The van der Waals surface area contributed by atoms with E-state index >= 15 is 0 Å². The first-order chi connectivity index (χ1) is 9.32. The topological polar surface area (TPSA) is 96.0 Å². The Hall–Kier alpha value is -1.42. The Labute approximate surface area is 120 Å². The molecule has 1 aromatic rings. The van der Waals surface area contributed by atoms with Gasteiger partial charge >= 0.3 is 0 Å². The van der Waals surface area contributed by atoms with Crippen molar-refractivity contribution in [3.8, 4) is 6.07 Å². The molecule has 0 saturated heterocycles. The lowest BCUT2D eigenvalue weighted by molar-refractivity contribution is 0.485. The zero-order valence-corrected chi connectivity index (χ0v) is 12.7. The van der Waals surface area contributed by atoms with Gasteiger partial charge < -0.3 is 5.73 Å². The molecular weight excluding hydrogens is 274 g/mol. The van der Waals surface area contributed by atoms with Crippen molar-refractivity contribution in [2.45, 2.75) is 32.1 Å². The lowest BCUT2D eigenvalue weighted by Gasteiger charge is -2.15. The third kappa shape index (κ3) is 6.15. The average Bonchev–Trinajstić information content (AvgIpc) is 2.36. The lowest BCUT2D eigenvalue weighted by Crippen LogP contribution is -2.38. The molecule has 6 heteroatoms. The molecule has 20 heavy (non-hydrogen) atoms. The molecule has 0 heterocycles. The average molecular weight is 295 g/mol. The van der Waals surface area contributed by atoms with Gasteiger partial charge in [0, 0.05) is 12.6 Å². The quantitative estimate of drug-likeness (QED) is 0.793. The Morgan fingerprint density at radius 1 is 1.30 bits per heavy atom. The van der Waals surface area contributed by atoms with Crippen LogP contribution in [0.4, 0.5) is 0 Å². The van der Waals surface area contributed by atoms with Gasteiger partial charge in [-0.15, -0.1) is 0 Å². The van der Waals surface area contributed by atoms with Gasteiger partial charge in [-0.1, -0.05) is 26.0 Å². The summed E-state index contributed by atoms with van der Waals surface area (Å²) in [6, 6.07) is 8.32. The standard InChI is InChI=1S/C14H21N3O2S/c1-11(2)7-14(16)9-17-20(18,19)10-13-5-3-12(8-15)4-6-13/h3-6,11,14,17H,7,9-10,16H2,1-2H3. The Morgan fingerprint density at radius 2 is 1.90 bits per heavy atom. The summed E-state index contributed by atoms with van der Waals surface area (Å²) in [7, 11) is -3.40. The third-order valence-electron chi connectivity index (χ3n) is 2.78. The fourth-order valence-electron chi connectivity index (χ4n) is 1.87. The molecule has 1 atom stereocenters. The molecule has 0 aliphatic carbocycles. The van der Waals surface area contributed by atoms with Crippen LogP contribution in [0.2, 0.25) is 0 Å². The van der Waals surface area contributed by atoms with E-state index in [4.69, 9.17) is 11.0 Å². The maximum absolute atomic E-state index is 11.9. The molecule has 3 N–H and O–H groups in total. The molecule has 0 saturated carbocycles. The number of hydrogen-bond donors (Lipinski definition) is 2. The second kappa shape index (κ2) is 7.39. The fraction of sp³-hybridized carbons (Fsp3) is 0.500. The van der Waals surface area contributed by atoms with Gasteiger partial charge in [0.15, 0.2) is 0 Å². The van der Waals surface area contributed by atoms with Crippen LogP contribution in [0.15, 0.2) is 24.3 Å². The Bertz CT molecular complexity index is 559. The number of rotatable bonds is 7. The molecule has 5 nitrogen and oxygen atoms in total. The largest absolute Gasteiger partial charge is 0.327 e. The van der Waals surface area contributed by atoms with Crippen LogP contribution in [0.1, 0.15) is 31.4 Å². The van der Waals surface area contributed by atoms with Gasteiger partial charge in [0.2, 0.25) is 10.0 Å². The van der Waals surface area contributed by atoms with Gasteiger partial charge in [-0.2, -0.15) is 5.26 Å². The van der Waals surface area contributed by atoms with Crippen LogP contribution in [0.25, 0.3) is 0 Å². The fourth-order valence-corrected chi connectivity index (χ4v) is 3.07. The van der Waals surface area contributed by atoms with Gasteiger partial charge in [-0.25, -0.2) is 13.1 Å². The molecule has 0 spiro atoms. The van der Waals surface area contributed by atoms with Crippen molar-refractivity contribution in [3.05, 3.63) is 35.4 Å². The highest BCUT2D eigenvalue weighted by atomic mass is 32.2. The van der Waals surface area contributed by atoms with Crippen LogP contribution in [0, 0.1) is 17.2 Å². The van der Waals surface area contributed by atoms with Crippen molar-refractivity contribution < 1.29 is 8.42 Å². The maximum Gasteiger partial charge on any atom is 0.215 e. The molecule has 0 aromatic heterocycles. The van der Waals surface area contributed by atoms with E-state index in [9.17, 15) is 8.42 Å². The van der Waals surface area contributed by atoms with Crippen molar-refractivity contribution in [3.63, 3.8) is 0 Å². The summed E-state index contributed by atoms with van der Waals surface area (Å²) in [6.45, 7) is 4.34. The highest BCUT2D eigenvalue weighted by Crippen LogP contribution is 2.08. The highest BCUT2D eigenvalue weighted by Gasteiger charge is 2.14. The molecule has 0 bridgehead atoms. The minimum absolute atomic E-state index is 0.104. The highest BCUT2D eigenvalue weighted by molar-refractivity contribution is 7.88. The zero-order chi connectivity index (χ0) is 15.2. The van der Waals surface area contributed by atoms with E-state index in [0.717, 1.165) is 6.42 Å². The van der Waals surface area contributed by atoms with E-state index < -0.39 is 10.0 Å². The smallest absolute Gasteiger partial charge is 0.215 e. The number of nitrogens with zero attached hydrogens (tertiary/aromatic N) is 1. The van der Waals surface area contributed by atoms with Crippen molar-refractivity contribution in [2.75, 3.05) is 6.54 Å². The predicted octanol–water partition coefficient (Wildman–Crippen LogP) is 1.35. The van der Waals surface area contributed by atoms with Gasteiger partial charge in [-0.3, -0.25) is 0 Å². The van der Waals surface area contributed by atoms with Crippen LogP contribution in [0.5, 0.6) is 0 Å². The summed E-state index contributed by atoms with van der Waals surface area (Å²) in [5, 5.41) is 8.68. The summed E-state index contributed by atoms with van der Waals surface area (Å²) < 4.78 is 26.3. The van der Waals surface area contributed by atoms with Crippen molar-refractivity contribution in [2.24, 2.45) is 11.7 Å². The second-order valence-corrected chi connectivity index (χ2v) is 7.11. The molecule has 0 fully saturated rings. The van der Waals surface area contributed by atoms with E-state index in [1.54, 1.807) is 24.3 Å². The van der Waals surface area contributed by atoms with Crippen LogP contribution in [-0.2, 0) is 15.8 Å². The van der Waals surface area contributed by atoms with E-state index in [1.807, 2.05) is 19.9 Å². The Morgan fingerprint density at radius 3 is 2.40 bits per heavy atom. The Balaban J connectivity index is 2.54. The van der Waals surface area contributed by atoms with Gasteiger partial charge in [0.1, 0.15) is 0 Å². The Kier molecular flexibility index (Phi) is 6.14. The van der Waals surface area contributed by atoms with E-state index in [-0.39, 0.29) is 18.3 Å². The van der Waals surface area contributed by atoms with Gasteiger partial charge in [-0.05, 0) is 30.0 Å². The minimum Gasteiger partial charge on any atom is -0.327 e. The summed E-state index contributed by atoms with van der Waals surface area (Å²) in [5.41, 5.74) is 7.01. The van der Waals surface area contributed by atoms with Crippen LogP contribution in [-0.4, -0.2) is 21.0 Å². The molecule has 0 aliphatic rings. The number of sulfonamides is 1. The molecule has 0 aliphatic heterocycles.